The zero-order valence-electron chi connectivity index (χ0n) is 18.9. The largest absolute Gasteiger partial charge is 0.462 e. The zero-order valence-corrected chi connectivity index (χ0v) is 19.7. The lowest BCUT2D eigenvalue weighted by molar-refractivity contribution is -0.182. The molecule has 4 atom stereocenters. The Hall–Kier alpha value is -0.630. The number of carbonyl (C=O) groups is 1. The van der Waals surface area contributed by atoms with E-state index in [2.05, 4.69) is 11.6 Å². The van der Waals surface area contributed by atoms with Crippen molar-refractivity contribution in [2.24, 2.45) is 5.92 Å². The Bertz CT molecular complexity index is 493. The highest BCUT2D eigenvalue weighted by Gasteiger charge is 2.49. The Labute approximate surface area is 177 Å². The van der Waals surface area contributed by atoms with E-state index in [0.717, 1.165) is 38.5 Å². The summed E-state index contributed by atoms with van der Waals surface area (Å²) in [7, 11) is -1.96. The maximum absolute atomic E-state index is 13.8. The van der Waals surface area contributed by atoms with Crippen LogP contribution >= 0.6 is 0 Å². The fraction of sp³-hybridized carbons (Fsp3) is 0.952. The number of esters is 1. The molecule has 0 aliphatic rings. The Morgan fingerprint density at radius 3 is 1.97 bits per heavy atom. The maximum atomic E-state index is 13.8. The minimum absolute atomic E-state index is 0.0571. The molecule has 0 radical (unpaired) electrons. The van der Waals surface area contributed by atoms with E-state index < -0.39 is 45.9 Å². The number of nitrogens with one attached hydrogen (secondary N) is 1. The number of carbonyl (C=O) groups excluding carboxylic acids is 1. The first-order chi connectivity index (χ1) is 13.3. The van der Waals surface area contributed by atoms with Gasteiger partial charge in [0.2, 0.25) is 0 Å². The molecule has 0 aliphatic carbocycles. The molecular formula is C21H40F3NO3S. The first kappa shape index (κ1) is 28.4. The zero-order chi connectivity index (χ0) is 22.7. The summed E-state index contributed by atoms with van der Waals surface area (Å²) in [6.07, 6.45) is 2.07. The van der Waals surface area contributed by atoms with Crippen LogP contribution in [0.25, 0.3) is 0 Å². The molecule has 0 saturated carbocycles. The predicted octanol–water partition coefficient (Wildman–Crippen LogP) is 6.07. The minimum atomic E-state index is -4.71. The second-order valence-electron chi connectivity index (χ2n) is 8.69. The summed E-state index contributed by atoms with van der Waals surface area (Å²) in [4.78, 5) is 12.6. The van der Waals surface area contributed by atoms with Gasteiger partial charge in [0.05, 0.1) is 27.8 Å². The number of unbranched alkanes of at least 4 members (excludes halogenated alkanes) is 6. The van der Waals surface area contributed by atoms with E-state index >= 15 is 0 Å². The predicted molar refractivity (Wildman–Crippen MR) is 113 cm³/mol. The van der Waals surface area contributed by atoms with E-state index in [4.69, 9.17) is 4.74 Å². The molecule has 0 aromatic rings. The van der Waals surface area contributed by atoms with E-state index in [-0.39, 0.29) is 6.42 Å². The number of ether oxygens (including phenoxy) is 1. The van der Waals surface area contributed by atoms with Crippen LogP contribution in [0.3, 0.4) is 0 Å². The molecule has 0 aromatic carbocycles. The van der Waals surface area contributed by atoms with Gasteiger partial charge in [-0.1, -0.05) is 58.8 Å². The van der Waals surface area contributed by atoms with Gasteiger partial charge in [0.15, 0.2) is 0 Å². The SMILES string of the molecule is CCCCCCCCC[C@@H](C(=O)OC(C)CC)[C@@H](N[S@](=O)C(C)(C)C)C(F)(F)F. The number of rotatable bonds is 14. The Kier molecular flexibility index (Phi) is 13.3. The molecule has 29 heavy (non-hydrogen) atoms. The van der Waals surface area contributed by atoms with Crippen LogP contribution < -0.4 is 4.72 Å². The first-order valence-corrected chi connectivity index (χ1v) is 11.9. The third-order valence-electron chi connectivity index (χ3n) is 4.86. The molecule has 0 rings (SSSR count). The van der Waals surface area contributed by atoms with E-state index in [1.54, 1.807) is 34.6 Å². The summed E-state index contributed by atoms with van der Waals surface area (Å²) in [5.41, 5.74) is 0. The summed E-state index contributed by atoms with van der Waals surface area (Å²) in [5.74, 6) is -2.28. The average molecular weight is 444 g/mol. The molecule has 4 nitrogen and oxygen atoms in total. The molecule has 0 amide bonds. The van der Waals surface area contributed by atoms with Crippen LogP contribution in [0.5, 0.6) is 0 Å². The van der Waals surface area contributed by atoms with Crippen molar-refractivity contribution in [1.29, 1.82) is 0 Å². The molecule has 0 heterocycles. The van der Waals surface area contributed by atoms with Crippen LogP contribution in [-0.2, 0) is 20.5 Å². The van der Waals surface area contributed by atoms with Crippen molar-refractivity contribution >= 4 is 17.0 Å². The quantitative estimate of drug-likeness (QED) is 0.262. The lowest BCUT2D eigenvalue weighted by Gasteiger charge is -2.31. The summed E-state index contributed by atoms with van der Waals surface area (Å²) in [6, 6.07) is -2.20. The van der Waals surface area contributed by atoms with E-state index in [1.165, 1.54) is 0 Å². The highest BCUT2D eigenvalue weighted by atomic mass is 32.2. The van der Waals surface area contributed by atoms with Crippen LogP contribution in [0.1, 0.15) is 99.3 Å². The Morgan fingerprint density at radius 2 is 1.52 bits per heavy atom. The highest BCUT2D eigenvalue weighted by Crippen LogP contribution is 2.31. The third kappa shape index (κ3) is 12.0. The Morgan fingerprint density at radius 1 is 1.00 bits per heavy atom. The molecule has 174 valence electrons. The number of halogens is 3. The van der Waals surface area contributed by atoms with E-state index in [9.17, 15) is 22.2 Å². The van der Waals surface area contributed by atoms with E-state index in [1.807, 2.05) is 0 Å². The van der Waals surface area contributed by atoms with Crippen LogP contribution in [0.15, 0.2) is 0 Å². The average Bonchev–Trinajstić information content (AvgIpc) is 2.60. The van der Waals surface area contributed by atoms with Crippen molar-refractivity contribution in [3.8, 4) is 0 Å². The normalized spacial score (nSPS) is 16.9. The topological polar surface area (TPSA) is 55.4 Å². The van der Waals surface area contributed by atoms with Crippen LogP contribution in [0.4, 0.5) is 13.2 Å². The fourth-order valence-corrected chi connectivity index (χ4v) is 3.66. The summed E-state index contributed by atoms with van der Waals surface area (Å²) < 4.78 is 60.3. The van der Waals surface area contributed by atoms with Gasteiger partial charge in [-0.15, -0.1) is 0 Å². The number of hydrogen-bond acceptors (Lipinski definition) is 3. The second kappa shape index (κ2) is 13.6. The van der Waals surface area contributed by atoms with Crippen molar-refractivity contribution in [2.75, 3.05) is 0 Å². The molecule has 0 aliphatic heterocycles. The van der Waals surface area contributed by atoms with Gasteiger partial charge in [-0.05, 0) is 40.5 Å². The Balaban J connectivity index is 5.26. The molecule has 1 unspecified atom stereocenters. The first-order valence-electron chi connectivity index (χ1n) is 10.8. The molecule has 0 bridgehead atoms. The summed E-state index contributed by atoms with van der Waals surface area (Å²) >= 11 is 0. The molecule has 1 N–H and O–H groups in total. The standard InChI is InChI=1S/C21H40F3NO3S/c1-7-9-10-11-12-13-14-15-17(19(26)28-16(3)8-2)18(21(22,23)24)25-29(27)20(4,5)6/h16-18,25H,7-15H2,1-6H3/t16?,17-,18-,29-/m1/s1. The highest BCUT2D eigenvalue weighted by molar-refractivity contribution is 7.84. The monoisotopic (exact) mass is 443 g/mol. The molecular weight excluding hydrogens is 403 g/mol. The van der Waals surface area contributed by atoms with E-state index in [0.29, 0.717) is 12.8 Å². The lowest BCUT2D eigenvalue weighted by Crippen LogP contribution is -2.54. The van der Waals surface area contributed by atoms with Crippen LogP contribution in [0.2, 0.25) is 0 Å². The minimum Gasteiger partial charge on any atom is -0.462 e. The van der Waals surface area contributed by atoms with Gasteiger partial charge in [0.1, 0.15) is 6.04 Å². The van der Waals surface area contributed by atoms with Crippen LogP contribution in [-0.4, -0.2) is 33.2 Å². The van der Waals surface area contributed by atoms with Crippen molar-refractivity contribution in [3.63, 3.8) is 0 Å². The van der Waals surface area contributed by atoms with Gasteiger partial charge in [0.25, 0.3) is 0 Å². The smallest absolute Gasteiger partial charge is 0.405 e. The summed E-state index contributed by atoms with van der Waals surface area (Å²) in [6.45, 7) is 10.4. The van der Waals surface area contributed by atoms with Gasteiger partial charge < -0.3 is 4.74 Å². The molecule has 0 fully saturated rings. The number of hydrogen-bond donors (Lipinski definition) is 1. The van der Waals surface area contributed by atoms with Gasteiger partial charge >= 0.3 is 12.1 Å². The van der Waals surface area contributed by atoms with Crippen molar-refractivity contribution in [1.82, 2.24) is 4.72 Å². The van der Waals surface area contributed by atoms with Crippen molar-refractivity contribution < 1.29 is 26.9 Å². The summed E-state index contributed by atoms with van der Waals surface area (Å²) in [5, 5.41) is 0. The molecule has 0 aromatic heterocycles. The number of alkyl halides is 3. The second-order valence-corrected chi connectivity index (χ2v) is 10.7. The van der Waals surface area contributed by atoms with Crippen molar-refractivity contribution in [2.45, 2.75) is 122 Å². The molecule has 0 spiro atoms. The van der Waals surface area contributed by atoms with Gasteiger partial charge in [0, 0.05) is 0 Å². The lowest BCUT2D eigenvalue weighted by atomic mass is 9.93. The fourth-order valence-electron chi connectivity index (χ4n) is 2.78. The molecule has 0 saturated heterocycles. The van der Waals surface area contributed by atoms with Gasteiger partial charge in [-0.3, -0.25) is 4.79 Å². The van der Waals surface area contributed by atoms with Gasteiger partial charge in [-0.25, -0.2) is 8.93 Å². The third-order valence-corrected chi connectivity index (χ3v) is 6.44. The van der Waals surface area contributed by atoms with Crippen molar-refractivity contribution in [3.05, 3.63) is 0 Å². The maximum Gasteiger partial charge on any atom is 0.405 e. The molecule has 8 heteroatoms. The van der Waals surface area contributed by atoms with Crippen LogP contribution in [0, 0.1) is 5.92 Å². The van der Waals surface area contributed by atoms with Gasteiger partial charge in [-0.2, -0.15) is 13.2 Å².